The maximum Gasteiger partial charge on any atom is 0.139 e. The van der Waals surface area contributed by atoms with Gasteiger partial charge in [0.05, 0.1) is 10.1 Å². The Labute approximate surface area is 121 Å². The van der Waals surface area contributed by atoms with Crippen LogP contribution in [0.1, 0.15) is 37.7 Å². The fraction of sp³-hybridized carbons (Fsp3) is 0.600. The summed E-state index contributed by atoms with van der Waals surface area (Å²) in [7, 11) is 0. The molecule has 1 atom stereocenters. The number of hydrogen-bond donors (Lipinski definition) is 1. The fourth-order valence-electron chi connectivity index (χ4n) is 3.09. The van der Waals surface area contributed by atoms with Gasteiger partial charge in [0.25, 0.3) is 0 Å². The van der Waals surface area contributed by atoms with Crippen LogP contribution in [0.5, 0.6) is 0 Å². The molecule has 104 valence electrons. The van der Waals surface area contributed by atoms with Crippen molar-refractivity contribution >= 4 is 21.6 Å². The standard InChI is InChI=1S/C15H19BrFNO/c1-10-7-12(16)13(17)8-14(10)18-11-3-6-19-15(9-11)4-2-5-15/h7-8,11,18H,2-6,9H2,1H3. The van der Waals surface area contributed by atoms with E-state index in [0.29, 0.717) is 10.5 Å². The second-order valence-electron chi connectivity index (χ2n) is 5.80. The number of aryl methyl sites for hydroxylation is 1. The van der Waals surface area contributed by atoms with Crippen LogP contribution in [-0.2, 0) is 4.74 Å². The zero-order valence-electron chi connectivity index (χ0n) is 11.1. The lowest BCUT2D eigenvalue weighted by atomic mass is 9.74. The van der Waals surface area contributed by atoms with Gasteiger partial charge in [-0.15, -0.1) is 0 Å². The summed E-state index contributed by atoms with van der Waals surface area (Å²) >= 11 is 3.22. The third-order valence-corrected chi connectivity index (χ3v) is 4.99. The number of rotatable bonds is 2. The molecule has 1 heterocycles. The molecule has 1 aromatic carbocycles. The maximum atomic E-state index is 13.6. The first-order valence-electron chi connectivity index (χ1n) is 6.94. The van der Waals surface area contributed by atoms with Crippen LogP contribution in [0, 0.1) is 12.7 Å². The van der Waals surface area contributed by atoms with Crippen molar-refractivity contribution in [2.45, 2.75) is 50.7 Å². The van der Waals surface area contributed by atoms with Gasteiger partial charge >= 0.3 is 0 Å². The molecule has 3 rings (SSSR count). The molecule has 1 aliphatic heterocycles. The van der Waals surface area contributed by atoms with E-state index in [9.17, 15) is 4.39 Å². The van der Waals surface area contributed by atoms with Gasteiger partial charge in [0.15, 0.2) is 0 Å². The molecule has 1 N–H and O–H groups in total. The van der Waals surface area contributed by atoms with Crippen molar-refractivity contribution < 1.29 is 9.13 Å². The van der Waals surface area contributed by atoms with E-state index in [-0.39, 0.29) is 11.4 Å². The molecule has 0 aromatic heterocycles. The highest BCUT2D eigenvalue weighted by Crippen LogP contribution is 2.43. The van der Waals surface area contributed by atoms with Crippen molar-refractivity contribution in [1.82, 2.24) is 0 Å². The van der Waals surface area contributed by atoms with Gasteiger partial charge in [0.1, 0.15) is 5.82 Å². The lowest BCUT2D eigenvalue weighted by Crippen LogP contribution is -2.49. The first kappa shape index (κ1) is 13.4. The van der Waals surface area contributed by atoms with Crippen molar-refractivity contribution in [1.29, 1.82) is 0 Å². The molecule has 1 aromatic rings. The van der Waals surface area contributed by atoms with Crippen molar-refractivity contribution in [3.05, 3.63) is 28.0 Å². The van der Waals surface area contributed by atoms with E-state index in [0.717, 1.165) is 30.7 Å². The fourth-order valence-corrected chi connectivity index (χ4v) is 3.55. The lowest BCUT2D eigenvalue weighted by molar-refractivity contribution is -0.130. The first-order valence-corrected chi connectivity index (χ1v) is 7.73. The molecule has 2 fully saturated rings. The van der Waals surface area contributed by atoms with Crippen LogP contribution in [0.2, 0.25) is 0 Å². The van der Waals surface area contributed by atoms with Gasteiger partial charge in [-0.25, -0.2) is 4.39 Å². The number of halogens is 2. The smallest absolute Gasteiger partial charge is 0.139 e. The maximum absolute atomic E-state index is 13.6. The van der Waals surface area contributed by atoms with Crippen molar-refractivity contribution in [3.63, 3.8) is 0 Å². The van der Waals surface area contributed by atoms with Crippen LogP contribution in [0.15, 0.2) is 16.6 Å². The van der Waals surface area contributed by atoms with E-state index in [1.807, 2.05) is 13.0 Å². The average molecular weight is 328 g/mol. The molecule has 0 amide bonds. The van der Waals surface area contributed by atoms with Gasteiger partial charge < -0.3 is 10.1 Å². The van der Waals surface area contributed by atoms with E-state index in [2.05, 4.69) is 21.2 Å². The molecule has 1 saturated heterocycles. The SMILES string of the molecule is Cc1cc(Br)c(F)cc1NC1CCOC2(CCC2)C1. The Morgan fingerprint density at radius 2 is 2.21 bits per heavy atom. The topological polar surface area (TPSA) is 21.3 Å². The summed E-state index contributed by atoms with van der Waals surface area (Å²) in [4.78, 5) is 0. The predicted molar refractivity (Wildman–Crippen MR) is 78.0 cm³/mol. The molecule has 0 bridgehead atoms. The van der Waals surface area contributed by atoms with E-state index in [4.69, 9.17) is 4.74 Å². The Bertz CT molecular complexity index is 487. The highest BCUT2D eigenvalue weighted by Gasteiger charge is 2.42. The highest BCUT2D eigenvalue weighted by atomic mass is 79.9. The molecular weight excluding hydrogens is 309 g/mol. The number of hydrogen-bond acceptors (Lipinski definition) is 2. The van der Waals surface area contributed by atoms with Crippen LogP contribution in [0.3, 0.4) is 0 Å². The molecule has 2 nitrogen and oxygen atoms in total. The zero-order valence-corrected chi connectivity index (χ0v) is 12.7. The monoisotopic (exact) mass is 327 g/mol. The quantitative estimate of drug-likeness (QED) is 0.868. The van der Waals surface area contributed by atoms with E-state index in [1.165, 1.54) is 19.3 Å². The first-order chi connectivity index (χ1) is 9.08. The predicted octanol–water partition coefficient (Wildman–Crippen LogP) is 4.41. The molecule has 2 aliphatic rings. The van der Waals surface area contributed by atoms with Crippen LogP contribution < -0.4 is 5.32 Å². The molecule has 1 saturated carbocycles. The van der Waals surface area contributed by atoms with Crippen LogP contribution in [0.4, 0.5) is 10.1 Å². The average Bonchev–Trinajstić information content (AvgIpc) is 2.34. The minimum Gasteiger partial charge on any atom is -0.382 e. The van der Waals surface area contributed by atoms with Crippen LogP contribution in [-0.4, -0.2) is 18.2 Å². The summed E-state index contributed by atoms with van der Waals surface area (Å²) in [6.07, 6.45) is 5.68. The normalized spacial score (nSPS) is 25.1. The second kappa shape index (κ2) is 5.06. The van der Waals surface area contributed by atoms with Gasteiger partial charge in [-0.05, 0) is 72.7 Å². The van der Waals surface area contributed by atoms with Gasteiger partial charge in [0.2, 0.25) is 0 Å². The molecule has 1 aliphatic carbocycles. The Morgan fingerprint density at radius 3 is 2.89 bits per heavy atom. The van der Waals surface area contributed by atoms with Gasteiger partial charge in [-0.2, -0.15) is 0 Å². The van der Waals surface area contributed by atoms with Crippen LogP contribution >= 0.6 is 15.9 Å². The van der Waals surface area contributed by atoms with Crippen molar-refractivity contribution in [3.8, 4) is 0 Å². The number of benzene rings is 1. The minimum atomic E-state index is -0.210. The van der Waals surface area contributed by atoms with Crippen molar-refractivity contribution in [2.75, 3.05) is 11.9 Å². The number of ether oxygens (including phenoxy) is 1. The summed E-state index contributed by atoms with van der Waals surface area (Å²) in [5.41, 5.74) is 2.10. The summed E-state index contributed by atoms with van der Waals surface area (Å²) in [5, 5.41) is 3.50. The minimum absolute atomic E-state index is 0.123. The zero-order chi connectivity index (χ0) is 13.5. The third kappa shape index (κ3) is 2.65. The third-order valence-electron chi connectivity index (χ3n) is 4.38. The van der Waals surface area contributed by atoms with Gasteiger partial charge in [-0.1, -0.05) is 0 Å². The Morgan fingerprint density at radius 1 is 1.42 bits per heavy atom. The molecule has 1 spiro atoms. The summed E-state index contributed by atoms with van der Waals surface area (Å²) in [6.45, 7) is 2.82. The Balaban J connectivity index is 1.72. The molecule has 1 unspecified atom stereocenters. The van der Waals surface area contributed by atoms with Gasteiger partial charge in [-0.3, -0.25) is 0 Å². The van der Waals surface area contributed by atoms with Crippen LogP contribution in [0.25, 0.3) is 0 Å². The Hall–Kier alpha value is -0.610. The van der Waals surface area contributed by atoms with E-state index in [1.54, 1.807) is 6.07 Å². The molecular formula is C15H19BrFNO. The second-order valence-corrected chi connectivity index (χ2v) is 6.65. The summed E-state index contributed by atoms with van der Waals surface area (Å²) < 4.78 is 20.1. The number of anilines is 1. The van der Waals surface area contributed by atoms with E-state index >= 15 is 0 Å². The summed E-state index contributed by atoms with van der Waals surface area (Å²) in [6, 6.07) is 3.81. The molecule has 19 heavy (non-hydrogen) atoms. The number of nitrogens with one attached hydrogen (secondary N) is 1. The molecule has 4 heteroatoms. The highest BCUT2D eigenvalue weighted by molar-refractivity contribution is 9.10. The van der Waals surface area contributed by atoms with Crippen molar-refractivity contribution in [2.24, 2.45) is 0 Å². The van der Waals surface area contributed by atoms with Gasteiger partial charge in [0, 0.05) is 18.3 Å². The lowest BCUT2D eigenvalue weighted by Gasteiger charge is -2.47. The largest absolute Gasteiger partial charge is 0.382 e. The summed E-state index contributed by atoms with van der Waals surface area (Å²) in [5.74, 6) is -0.210. The molecule has 0 radical (unpaired) electrons. The Kier molecular flexibility index (Phi) is 3.56. The van der Waals surface area contributed by atoms with E-state index < -0.39 is 0 Å².